The number of nitrogens with two attached hydrogens (primary N) is 1. The van der Waals surface area contributed by atoms with Crippen LogP contribution in [0, 0.1) is 0 Å². The fourth-order valence-electron chi connectivity index (χ4n) is 1.35. The summed E-state index contributed by atoms with van der Waals surface area (Å²) < 4.78 is 0. The van der Waals surface area contributed by atoms with Crippen molar-refractivity contribution in [2.75, 3.05) is 5.43 Å². The molecule has 0 radical (unpaired) electrons. The number of benzene rings is 1. The minimum absolute atomic E-state index is 0. The number of pyridine rings is 1. The van der Waals surface area contributed by atoms with E-state index < -0.39 is 0 Å². The minimum Gasteiger partial charge on any atom is -0.324 e. The lowest BCUT2D eigenvalue weighted by molar-refractivity contribution is 1.30. The van der Waals surface area contributed by atoms with Gasteiger partial charge in [0.2, 0.25) is 0 Å². The molecule has 0 aliphatic carbocycles. The zero-order valence-electron chi connectivity index (χ0n) is 9.61. The minimum atomic E-state index is 0. The molecule has 0 fully saturated rings. The van der Waals surface area contributed by atoms with Crippen LogP contribution in [-0.4, -0.2) is 4.98 Å². The molecule has 1 aromatic carbocycles. The van der Waals surface area contributed by atoms with Crippen LogP contribution < -0.4 is 11.3 Å². The Morgan fingerprint density at radius 3 is 2.22 bits per heavy atom. The SMILES string of the molecule is Cl.Cl.NNc1ccc(C=Cc2ccccn2)cc1. The second kappa shape index (κ2) is 8.53. The highest BCUT2D eigenvalue weighted by molar-refractivity contribution is 5.85. The summed E-state index contributed by atoms with van der Waals surface area (Å²) in [5.74, 6) is 5.29. The fourth-order valence-corrected chi connectivity index (χ4v) is 1.35. The molecule has 0 aliphatic rings. The molecule has 18 heavy (non-hydrogen) atoms. The first kappa shape index (κ1) is 16.4. The normalized spacial score (nSPS) is 9.39. The Labute approximate surface area is 119 Å². The number of nitrogens with one attached hydrogen (secondary N) is 1. The van der Waals surface area contributed by atoms with E-state index in [1.807, 2.05) is 54.6 Å². The molecule has 1 aromatic heterocycles. The van der Waals surface area contributed by atoms with Gasteiger partial charge in [0.25, 0.3) is 0 Å². The Kier molecular flexibility index (Phi) is 7.79. The number of hydrazine groups is 1. The number of anilines is 1. The quantitative estimate of drug-likeness (QED) is 0.671. The molecule has 5 heteroatoms. The van der Waals surface area contributed by atoms with Crippen LogP contribution in [0.4, 0.5) is 5.69 Å². The van der Waals surface area contributed by atoms with E-state index >= 15 is 0 Å². The highest BCUT2D eigenvalue weighted by Crippen LogP contribution is 2.10. The van der Waals surface area contributed by atoms with E-state index in [9.17, 15) is 0 Å². The van der Waals surface area contributed by atoms with Gasteiger partial charge in [0.05, 0.1) is 5.69 Å². The molecule has 0 atom stereocenters. The maximum atomic E-state index is 5.29. The summed E-state index contributed by atoms with van der Waals surface area (Å²) in [6, 6.07) is 13.7. The number of aromatic nitrogens is 1. The zero-order valence-corrected chi connectivity index (χ0v) is 11.2. The molecule has 2 rings (SSSR count). The number of hydrogen-bond acceptors (Lipinski definition) is 3. The largest absolute Gasteiger partial charge is 0.324 e. The number of hydrogen-bond donors (Lipinski definition) is 2. The standard InChI is InChI=1S/C13H13N3.2ClH/c14-16-13-8-5-11(6-9-13)4-7-12-3-1-2-10-15-12;;/h1-10,16H,14H2;2*1H. The average molecular weight is 284 g/mol. The van der Waals surface area contributed by atoms with Crippen LogP contribution in [0.2, 0.25) is 0 Å². The van der Waals surface area contributed by atoms with Crippen LogP contribution in [-0.2, 0) is 0 Å². The van der Waals surface area contributed by atoms with E-state index in [1.54, 1.807) is 6.20 Å². The van der Waals surface area contributed by atoms with E-state index in [0.717, 1.165) is 16.9 Å². The van der Waals surface area contributed by atoms with Crippen molar-refractivity contribution >= 4 is 42.7 Å². The van der Waals surface area contributed by atoms with Gasteiger partial charge in [0, 0.05) is 11.9 Å². The van der Waals surface area contributed by atoms with Gasteiger partial charge in [-0.1, -0.05) is 24.3 Å². The monoisotopic (exact) mass is 283 g/mol. The van der Waals surface area contributed by atoms with Gasteiger partial charge >= 0.3 is 0 Å². The van der Waals surface area contributed by atoms with Crippen molar-refractivity contribution in [1.29, 1.82) is 0 Å². The molecule has 0 saturated heterocycles. The van der Waals surface area contributed by atoms with Gasteiger partial charge in [-0.3, -0.25) is 10.8 Å². The number of rotatable bonds is 3. The van der Waals surface area contributed by atoms with Gasteiger partial charge in [-0.05, 0) is 35.9 Å². The summed E-state index contributed by atoms with van der Waals surface area (Å²) in [7, 11) is 0. The molecular weight excluding hydrogens is 269 g/mol. The van der Waals surface area contributed by atoms with Crippen molar-refractivity contribution in [2.45, 2.75) is 0 Å². The topological polar surface area (TPSA) is 50.9 Å². The van der Waals surface area contributed by atoms with E-state index in [0.29, 0.717) is 0 Å². The third-order valence-corrected chi connectivity index (χ3v) is 2.21. The number of nitrogen functional groups attached to an aromatic ring is 1. The second-order valence-corrected chi connectivity index (χ2v) is 3.35. The zero-order chi connectivity index (χ0) is 11.2. The van der Waals surface area contributed by atoms with Crippen LogP contribution in [0.1, 0.15) is 11.3 Å². The van der Waals surface area contributed by atoms with Crippen LogP contribution in [0.25, 0.3) is 12.2 Å². The average Bonchev–Trinajstić information content (AvgIpc) is 2.38. The van der Waals surface area contributed by atoms with Crippen molar-refractivity contribution < 1.29 is 0 Å². The van der Waals surface area contributed by atoms with E-state index in [2.05, 4.69) is 10.4 Å². The van der Waals surface area contributed by atoms with Crippen molar-refractivity contribution in [3.05, 3.63) is 59.9 Å². The lowest BCUT2D eigenvalue weighted by Gasteiger charge is -1.99. The summed E-state index contributed by atoms with van der Waals surface area (Å²) in [5.41, 5.74) is 5.55. The van der Waals surface area contributed by atoms with Crippen molar-refractivity contribution in [3.8, 4) is 0 Å². The van der Waals surface area contributed by atoms with Crippen molar-refractivity contribution in [3.63, 3.8) is 0 Å². The predicted octanol–water partition coefficient (Wildman–Crippen LogP) is 3.38. The summed E-state index contributed by atoms with van der Waals surface area (Å²) in [6.07, 6.45) is 5.77. The molecule has 3 nitrogen and oxygen atoms in total. The molecular formula is C13H15Cl2N3. The number of nitrogens with zero attached hydrogens (tertiary/aromatic N) is 1. The Morgan fingerprint density at radius 2 is 1.67 bits per heavy atom. The van der Waals surface area contributed by atoms with E-state index in [1.165, 1.54) is 0 Å². The summed E-state index contributed by atoms with van der Waals surface area (Å²) in [5, 5.41) is 0. The van der Waals surface area contributed by atoms with E-state index in [4.69, 9.17) is 5.84 Å². The third-order valence-electron chi connectivity index (χ3n) is 2.21. The van der Waals surface area contributed by atoms with Crippen LogP contribution in [0.5, 0.6) is 0 Å². The van der Waals surface area contributed by atoms with E-state index in [-0.39, 0.29) is 24.8 Å². The predicted molar refractivity (Wildman–Crippen MR) is 81.9 cm³/mol. The summed E-state index contributed by atoms with van der Waals surface area (Å²) >= 11 is 0. The Balaban J connectivity index is 0.00000144. The van der Waals surface area contributed by atoms with Crippen molar-refractivity contribution in [1.82, 2.24) is 4.98 Å². The third kappa shape index (κ3) is 4.75. The molecule has 1 heterocycles. The molecule has 0 aliphatic heterocycles. The maximum Gasteiger partial charge on any atom is 0.0629 e. The maximum absolute atomic E-state index is 5.29. The molecule has 0 amide bonds. The van der Waals surface area contributed by atoms with Crippen LogP contribution in [0.3, 0.4) is 0 Å². The molecule has 0 spiro atoms. The molecule has 3 N–H and O–H groups in total. The van der Waals surface area contributed by atoms with Crippen LogP contribution in [0.15, 0.2) is 48.7 Å². The second-order valence-electron chi connectivity index (χ2n) is 3.35. The van der Waals surface area contributed by atoms with Gasteiger partial charge in [-0.15, -0.1) is 24.8 Å². The van der Waals surface area contributed by atoms with Crippen LogP contribution >= 0.6 is 24.8 Å². The van der Waals surface area contributed by atoms with Gasteiger partial charge < -0.3 is 5.43 Å². The van der Waals surface area contributed by atoms with Gasteiger partial charge in [0.1, 0.15) is 0 Å². The molecule has 0 saturated carbocycles. The number of halogens is 2. The highest BCUT2D eigenvalue weighted by atomic mass is 35.5. The first-order chi connectivity index (χ1) is 7.88. The Bertz CT molecular complexity index is 469. The lowest BCUT2D eigenvalue weighted by Crippen LogP contribution is -2.05. The molecule has 0 bridgehead atoms. The molecule has 0 unspecified atom stereocenters. The van der Waals surface area contributed by atoms with Gasteiger partial charge in [0.15, 0.2) is 0 Å². The molecule has 2 aromatic rings. The van der Waals surface area contributed by atoms with Gasteiger partial charge in [-0.2, -0.15) is 0 Å². The highest BCUT2D eigenvalue weighted by Gasteiger charge is 1.89. The lowest BCUT2D eigenvalue weighted by atomic mass is 10.2. The fraction of sp³-hybridized carbons (Fsp3) is 0. The molecule has 96 valence electrons. The smallest absolute Gasteiger partial charge is 0.0629 e. The summed E-state index contributed by atoms with van der Waals surface area (Å²) in [6.45, 7) is 0. The first-order valence-corrected chi connectivity index (χ1v) is 5.04. The first-order valence-electron chi connectivity index (χ1n) is 5.04. The summed E-state index contributed by atoms with van der Waals surface area (Å²) in [4.78, 5) is 4.21. The van der Waals surface area contributed by atoms with Crippen molar-refractivity contribution in [2.24, 2.45) is 5.84 Å². The van der Waals surface area contributed by atoms with Gasteiger partial charge in [-0.25, -0.2) is 0 Å². The Hall–Kier alpha value is -1.55. The Morgan fingerprint density at radius 1 is 0.944 bits per heavy atom.